The van der Waals surface area contributed by atoms with Crippen molar-refractivity contribution in [1.82, 2.24) is 9.80 Å². The number of carbonyl (C=O) groups excluding carboxylic acids is 1. The van der Waals surface area contributed by atoms with Crippen molar-refractivity contribution in [2.24, 2.45) is 4.99 Å². The Labute approximate surface area is 133 Å². The molecule has 6 heteroatoms. The van der Waals surface area contributed by atoms with Crippen LogP contribution in [0.4, 0.5) is 0 Å². The van der Waals surface area contributed by atoms with Crippen molar-refractivity contribution in [3.05, 3.63) is 26.8 Å². The fourth-order valence-electron chi connectivity index (χ4n) is 1.65. The third kappa shape index (κ3) is 4.10. The number of nitrogens with zero attached hydrogens (tertiary/aromatic N) is 3. The molecule has 0 N–H and O–H groups in total. The zero-order chi connectivity index (χ0) is 14.7. The van der Waals surface area contributed by atoms with Gasteiger partial charge in [-0.15, -0.1) is 12.6 Å². The Morgan fingerprint density at radius 3 is 2.21 bits per heavy atom. The molecular formula is C13H18IN3OS. The topological polar surface area (TPSA) is 35.9 Å². The van der Waals surface area contributed by atoms with Gasteiger partial charge >= 0.3 is 0 Å². The van der Waals surface area contributed by atoms with Gasteiger partial charge in [-0.25, -0.2) is 0 Å². The summed E-state index contributed by atoms with van der Waals surface area (Å²) in [5.74, 6) is 0.332. The number of aryl methyl sites for hydroxylation is 1. The molecule has 0 heterocycles. The van der Waals surface area contributed by atoms with Gasteiger partial charge in [-0.2, -0.15) is 4.99 Å². The third-order valence-electron chi connectivity index (χ3n) is 2.50. The number of guanidine groups is 1. The predicted molar refractivity (Wildman–Crippen MR) is 90.3 cm³/mol. The molecule has 1 aromatic carbocycles. The van der Waals surface area contributed by atoms with Crippen molar-refractivity contribution in [3.8, 4) is 0 Å². The van der Waals surface area contributed by atoms with Gasteiger partial charge in [0.25, 0.3) is 5.91 Å². The van der Waals surface area contributed by atoms with Gasteiger partial charge < -0.3 is 9.80 Å². The van der Waals surface area contributed by atoms with Crippen LogP contribution in [0.5, 0.6) is 0 Å². The summed E-state index contributed by atoms with van der Waals surface area (Å²) < 4.78 is 1.00. The number of aliphatic imine (C=N–C) groups is 1. The molecule has 19 heavy (non-hydrogen) atoms. The first-order chi connectivity index (χ1) is 8.73. The second-order valence-corrected chi connectivity index (χ2v) is 6.32. The Kier molecular flexibility index (Phi) is 5.66. The minimum Gasteiger partial charge on any atom is -0.349 e. The first kappa shape index (κ1) is 16.3. The van der Waals surface area contributed by atoms with E-state index < -0.39 is 0 Å². The molecule has 1 rings (SSSR count). The van der Waals surface area contributed by atoms with Gasteiger partial charge in [-0.05, 0) is 47.2 Å². The Bertz CT molecular complexity index is 517. The number of hydrogen-bond acceptors (Lipinski definition) is 2. The lowest BCUT2D eigenvalue weighted by molar-refractivity contribution is 0.0997. The predicted octanol–water partition coefficient (Wildman–Crippen LogP) is 2.51. The molecule has 0 atom stereocenters. The highest BCUT2D eigenvalue weighted by Crippen LogP contribution is 2.23. The molecule has 1 aromatic rings. The van der Waals surface area contributed by atoms with E-state index in [1.165, 1.54) is 0 Å². The Hall–Kier alpha value is -0.760. The quantitative estimate of drug-likeness (QED) is 0.346. The largest absolute Gasteiger partial charge is 0.349 e. The summed E-state index contributed by atoms with van der Waals surface area (Å²) in [5.41, 5.74) is 1.51. The van der Waals surface area contributed by atoms with Crippen LogP contribution in [-0.2, 0) is 0 Å². The lowest BCUT2D eigenvalue weighted by Gasteiger charge is -2.22. The van der Waals surface area contributed by atoms with Gasteiger partial charge in [-0.1, -0.05) is 0 Å². The van der Waals surface area contributed by atoms with Crippen LogP contribution in [0.15, 0.2) is 22.0 Å². The minimum atomic E-state index is -0.274. The van der Waals surface area contributed by atoms with Crippen LogP contribution in [0.1, 0.15) is 15.9 Å². The van der Waals surface area contributed by atoms with Gasteiger partial charge in [-0.3, -0.25) is 4.79 Å². The Morgan fingerprint density at radius 1 is 1.21 bits per heavy atom. The number of benzene rings is 1. The molecule has 0 aliphatic carbocycles. The summed E-state index contributed by atoms with van der Waals surface area (Å²) in [6, 6.07) is 3.80. The maximum atomic E-state index is 12.3. The van der Waals surface area contributed by atoms with Gasteiger partial charge in [0.1, 0.15) is 0 Å². The van der Waals surface area contributed by atoms with Crippen LogP contribution in [0.25, 0.3) is 0 Å². The van der Waals surface area contributed by atoms with Crippen LogP contribution >= 0.6 is 35.2 Å². The number of amides is 1. The number of thiol groups is 1. The summed E-state index contributed by atoms with van der Waals surface area (Å²) in [4.78, 5) is 20.8. The van der Waals surface area contributed by atoms with Crippen LogP contribution in [0.3, 0.4) is 0 Å². The van der Waals surface area contributed by atoms with Crippen LogP contribution in [0, 0.1) is 10.5 Å². The maximum absolute atomic E-state index is 12.3. The van der Waals surface area contributed by atoms with Gasteiger partial charge in [0, 0.05) is 36.7 Å². The average Bonchev–Trinajstić information content (AvgIpc) is 2.29. The molecule has 0 saturated heterocycles. The zero-order valence-corrected chi connectivity index (χ0v) is 14.8. The molecule has 1 amide bonds. The first-order valence-electron chi connectivity index (χ1n) is 5.70. The van der Waals surface area contributed by atoms with Crippen molar-refractivity contribution in [2.45, 2.75) is 11.8 Å². The fourth-order valence-corrected chi connectivity index (χ4v) is 2.65. The highest BCUT2D eigenvalue weighted by atomic mass is 127. The molecule has 0 fully saturated rings. The lowest BCUT2D eigenvalue weighted by Crippen LogP contribution is -2.36. The standard InChI is InChI=1S/C13H18IN3OS/c1-8-6-9(14)7-10(11(8)19)12(18)15-13(16(2)3)17(4)5/h6-7,19H,1-5H3. The molecule has 0 radical (unpaired) electrons. The van der Waals surface area contributed by atoms with Crippen molar-refractivity contribution in [2.75, 3.05) is 28.2 Å². The van der Waals surface area contributed by atoms with E-state index in [4.69, 9.17) is 0 Å². The molecule has 0 saturated carbocycles. The smallest absolute Gasteiger partial charge is 0.281 e. The highest BCUT2D eigenvalue weighted by molar-refractivity contribution is 14.1. The Balaban J connectivity index is 3.24. The summed E-state index contributed by atoms with van der Waals surface area (Å²) in [7, 11) is 7.42. The summed E-state index contributed by atoms with van der Waals surface area (Å²) in [6.45, 7) is 1.93. The fraction of sp³-hybridized carbons (Fsp3) is 0.385. The molecular weight excluding hydrogens is 373 g/mol. The van der Waals surface area contributed by atoms with E-state index in [-0.39, 0.29) is 5.91 Å². The normalized spacial score (nSPS) is 10.1. The van der Waals surface area contributed by atoms with Crippen molar-refractivity contribution < 1.29 is 4.79 Å². The van der Waals surface area contributed by atoms with Crippen molar-refractivity contribution in [3.63, 3.8) is 0 Å². The molecule has 104 valence electrons. The number of rotatable bonds is 1. The van der Waals surface area contributed by atoms with E-state index in [0.29, 0.717) is 16.4 Å². The van der Waals surface area contributed by atoms with Crippen molar-refractivity contribution >= 4 is 47.1 Å². The monoisotopic (exact) mass is 391 g/mol. The molecule has 4 nitrogen and oxygen atoms in total. The number of carbonyl (C=O) groups is 1. The maximum Gasteiger partial charge on any atom is 0.281 e. The van der Waals surface area contributed by atoms with E-state index in [9.17, 15) is 4.79 Å². The Morgan fingerprint density at radius 2 is 1.74 bits per heavy atom. The third-order valence-corrected chi connectivity index (χ3v) is 3.71. The molecule has 0 bridgehead atoms. The van der Waals surface area contributed by atoms with E-state index in [1.807, 2.05) is 47.2 Å². The van der Waals surface area contributed by atoms with E-state index >= 15 is 0 Å². The molecule has 0 aliphatic heterocycles. The molecule has 0 aliphatic rings. The first-order valence-corrected chi connectivity index (χ1v) is 7.23. The SMILES string of the molecule is Cc1cc(I)cc(C(=O)N=C(N(C)C)N(C)C)c1S. The number of hydrogen-bond donors (Lipinski definition) is 1. The zero-order valence-electron chi connectivity index (χ0n) is 11.7. The second-order valence-electron chi connectivity index (χ2n) is 4.62. The number of halogens is 1. The van der Waals surface area contributed by atoms with Crippen LogP contribution in [-0.4, -0.2) is 49.9 Å². The average molecular weight is 391 g/mol. The molecule has 0 unspecified atom stereocenters. The summed E-state index contributed by atoms with van der Waals surface area (Å²) in [5, 5.41) is 0. The van der Waals surface area contributed by atoms with Crippen LogP contribution in [0.2, 0.25) is 0 Å². The second kappa shape index (κ2) is 6.60. The molecule has 0 aromatic heterocycles. The van der Waals surface area contributed by atoms with E-state index in [1.54, 1.807) is 9.80 Å². The summed E-state index contributed by atoms with van der Waals surface area (Å²) in [6.07, 6.45) is 0. The lowest BCUT2D eigenvalue weighted by atomic mass is 10.1. The molecule has 0 spiro atoms. The van der Waals surface area contributed by atoms with Gasteiger partial charge in [0.05, 0.1) is 5.56 Å². The van der Waals surface area contributed by atoms with Crippen LogP contribution < -0.4 is 0 Å². The van der Waals surface area contributed by atoms with Gasteiger partial charge in [0.2, 0.25) is 5.96 Å². The van der Waals surface area contributed by atoms with E-state index in [0.717, 1.165) is 9.13 Å². The highest BCUT2D eigenvalue weighted by Gasteiger charge is 2.14. The van der Waals surface area contributed by atoms with Gasteiger partial charge in [0.15, 0.2) is 0 Å². The summed E-state index contributed by atoms with van der Waals surface area (Å²) >= 11 is 6.59. The van der Waals surface area contributed by atoms with E-state index in [2.05, 4.69) is 40.2 Å². The minimum absolute atomic E-state index is 0.274. The van der Waals surface area contributed by atoms with Crippen molar-refractivity contribution in [1.29, 1.82) is 0 Å².